The first-order valence-electron chi connectivity index (χ1n) is 5.59. The van der Waals surface area contributed by atoms with Gasteiger partial charge in [0.2, 0.25) is 0 Å². The number of benzene rings is 1. The van der Waals surface area contributed by atoms with E-state index in [1.54, 1.807) is 11.3 Å². The summed E-state index contributed by atoms with van der Waals surface area (Å²) in [4.78, 5) is 7.15. The highest BCUT2D eigenvalue weighted by Gasteiger charge is 2.08. The third-order valence-electron chi connectivity index (χ3n) is 2.67. The molecule has 2 heterocycles. The van der Waals surface area contributed by atoms with E-state index in [1.807, 2.05) is 6.07 Å². The standard InChI is InChI=1S/C13H14N2S/c1-9(2)7-10-8-15-12-6-4-3-5-11(12)14-13(15)16-10/h3-6,8-9H,7H2,1-2H3. The zero-order chi connectivity index (χ0) is 11.1. The maximum atomic E-state index is 4.62. The van der Waals surface area contributed by atoms with E-state index in [0.717, 1.165) is 16.9 Å². The maximum absolute atomic E-state index is 4.62. The van der Waals surface area contributed by atoms with Crippen LogP contribution in [0.1, 0.15) is 18.7 Å². The van der Waals surface area contributed by atoms with Crippen molar-refractivity contribution in [3.05, 3.63) is 35.3 Å². The molecule has 1 aromatic carbocycles. The highest BCUT2D eigenvalue weighted by atomic mass is 32.1. The van der Waals surface area contributed by atoms with Crippen LogP contribution in [0.2, 0.25) is 0 Å². The fourth-order valence-corrected chi connectivity index (χ4v) is 3.21. The van der Waals surface area contributed by atoms with Crippen LogP contribution in [0, 0.1) is 5.92 Å². The molecule has 0 bridgehead atoms. The van der Waals surface area contributed by atoms with E-state index in [4.69, 9.17) is 0 Å². The molecule has 0 saturated heterocycles. The summed E-state index contributed by atoms with van der Waals surface area (Å²) >= 11 is 1.80. The topological polar surface area (TPSA) is 17.3 Å². The summed E-state index contributed by atoms with van der Waals surface area (Å²) in [5.41, 5.74) is 2.30. The molecule has 3 heteroatoms. The molecule has 2 aromatic heterocycles. The number of imidazole rings is 1. The van der Waals surface area contributed by atoms with Crippen molar-refractivity contribution in [1.82, 2.24) is 9.38 Å². The van der Waals surface area contributed by atoms with Gasteiger partial charge in [-0.05, 0) is 24.5 Å². The van der Waals surface area contributed by atoms with Crippen LogP contribution in [-0.2, 0) is 6.42 Å². The van der Waals surface area contributed by atoms with E-state index in [0.29, 0.717) is 5.92 Å². The predicted octanol–water partition coefficient (Wildman–Crippen LogP) is 3.75. The molecule has 3 rings (SSSR count). The van der Waals surface area contributed by atoms with Crippen LogP contribution in [0.3, 0.4) is 0 Å². The smallest absolute Gasteiger partial charge is 0.194 e. The average Bonchev–Trinajstić information content (AvgIpc) is 2.73. The Bertz CT molecular complexity index is 634. The Labute approximate surface area is 98.6 Å². The molecule has 0 fully saturated rings. The van der Waals surface area contributed by atoms with E-state index in [1.165, 1.54) is 10.4 Å². The third kappa shape index (κ3) is 1.52. The Balaban J connectivity index is 2.18. The average molecular weight is 230 g/mol. The first-order valence-corrected chi connectivity index (χ1v) is 6.41. The fraction of sp³-hybridized carbons (Fsp3) is 0.308. The van der Waals surface area contributed by atoms with Crippen molar-refractivity contribution in [2.45, 2.75) is 20.3 Å². The zero-order valence-corrected chi connectivity index (χ0v) is 10.3. The number of para-hydroxylation sites is 2. The third-order valence-corrected chi connectivity index (χ3v) is 3.67. The lowest BCUT2D eigenvalue weighted by Crippen LogP contribution is -1.90. The minimum Gasteiger partial charge on any atom is -0.290 e. The number of rotatable bonds is 2. The minimum atomic E-state index is 0.703. The Morgan fingerprint density at radius 1 is 1.31 bits per heavy atom. The molecule has 0 amide bonds. The van der Waals surface area contributed by atoms with Crippen LogP contribution in [-0.4, -0.2) is 9.38 Å². The van der Waals surface area contributed by atoms with Gasteiger partial charge < -0.3 is 0 Å². The molecule has 0 atom stereocenters. The number of hydrogen-bond donors (Lipinski definition) is 0. The van der Waals surface area contributed by atoms with Crippen molar-refractivity contribution in [3.63, 3.8) is 0 Å². The highest BCUT2D eigenvalue weighted by molar-refractivity contribution is 7.17. The summed E-state index contributed by atoms with van der Waals surface area (Å²) in [6.07, 6.45) is 3.37. The summed E-state index contributed by atoms with van der Waals surface area (Å²) in [6, 6.07) is 8.29. The Morgan fingerprint density at radius 2 is 2.12 bits per heavy atom. The summed E-state index contributed by atoms with van der Waals surface area (Å²) < 4.78 is 2.21. The van der Waals surface area contributed by atoms with Gasteiger partial charge in [0.25, 0.3) is 0 Å². The van der Waals surface area contributed by atoms with E-state index in [-0.39, 0.29) is 0 Å². The first kappa shape index (κ1) is 9.85. The molecule has 0 spiro atoms. The second-order valence-corrected chi connectivity index (χ2v) is 5.64. The quantitative estimate of drug-likeness (QED) is 0.655. The van der Waals surface area contributed by atoms with Crippen molar-refractivity contribution in [3.8, 4) is 0 Å². The first-order chi connectivity index (χ1) is 7.74. The number of hydrogen-bond acceptors (Lipinski definition) is 2. The monoisotopic (exact) mass is 230 g/mol. The molecule has 0 aliphatic carbocycles. The summed E-state index contributed by atoms with van der Waals surface area (Å²) in [7, 11) is 0. The highest BCUT2D eigenvalue weighted by Crippen LogP contribution is 2.25. The molecule has 16 heavy (non-hydrogen) atoms. The molecule has 0 saturated carbocycles. The molecule has 0 unspecified atom stereocenters. The molecule has 0 radical (unpaired) electrons. The van der Waals surface area contributed by atoms with Gasteiger partial charge in [-0.25, -0.2) is 4.98 Å². The largest absolute Gasteiger partial charge is 0.290 e. The Kier molecular flexibility index (Phi) is 2.21. The molecule has 82 valence electrons. The van der Waals surface area contributed by atoms with Gasteiger partial charge in [-0.1, -0.05) is 26.0 Å². The number of thiazole rings is 1. The van der Waals surface area contributed by atoms with Gasteiger partial charge in [0.15, 0.2) is 4.96 Å². The molecule has 0 aliphatic heterocycles. The fourth-order valence-electron chi connectivity index (χ4n) is 2.00. The van der Waals surface area contributed by atoms with Crippen molar-refractivity contribution >= 4 is 27.3 Å². The van der Waals surface area contributed by atoms with Crippen molar-refractivity contribution < 1.29 is 0 Å². The second-order valence-electron chi connectivity index (χ2n) is 4.55. The van der Waals surface area contributed by atoms with E-state index in [2.05, 4.69) is 47.6 Å². The van der Waals surface area contributed by atoms with Crippen LogP contribution in [0.15, 0.2) is 30.5 Å². The van der Waals surface area contributed by atoms with Gasteiger partial charge in [-0.3, -0.25) is 4.40 Å². The number of fused-ring (bicyclic) bond motifs is 3. The summed E-state index contributed by atoms with van der Waals surface area (Å²) in [6.45, 7) is 4.50. The normalized spacial score (nSPS) is 11.9. The number of aromatic nitrogens is 2. The predicted molar refractivity (Wildman–Crippen MR) is 69.1 cm³/mol. The lowest BCUT2D eigenvalue weighted by atomic mass is 10.1. The van der Waals surface area contributed by atoms with Gasteiger partial charge in [-0.15, -0.1) is 11.3 Å². The van der Waals surface area contributed by atoms with Crippen LogP contribution in [0.5, 0.6) is 0 Å². The maximum Gasteiger partial charge on any atom is 0.194 e. The molecule has 0 N–H and O–H groups in total. The van der Waals surface area contributed by atoms with E-state index in [9.17, 15) is 0 Å². The lowest BCUT2D eigenvalue weighted by Gasteiger charge is -1.98. The van der Waals surface area contributed by atoms with Gasteiger partial charge in [0.1, 0.15) is 0 Å². The summed E-state index contributed by atoms with van der Waals surface area (Å²) in [5, 5.41) is 0. The molecular weight excluding hydrogens is 216 g/mol. The van der Waals surface area contributed by atoms with Crippen molar-refractivity contribution in [2.24, 2.45) is 5.92 Å². The van der Waals surface area contributed by atoms with E-state index >= 15 is 0 Å². The lowest BCUT2D eigenvalue weighted by molar-refractivity contribution is 0.653. The Hall–Kier alpha value is -1.35. The van der Waals surface area contributed by atoms with Gasteiger partial charge in [0.05, 0.1) is 11.0 Å². The summed E-state index contributed by atoms with van der Waals surface area (Å²) in [5.74, 6) is 0.703. The minimum absolute atomic E-state index is 0.703. The van der Waals surface area contributed by atoms with Crippen molar-refractivity contribution in [1.29, 1.82) is 0 Å². The number of nitrogens with zero attached hydrogens (tertiary/aromatic N) is 2. The van der Waals surface area contributed by atoms with E-state index < -0.39 is 0 Å². The Morgan fingerprint density at radius 3 is 2.94 bits per heavy atom. The zero-order valence-electron chi connectivity index (χ0n) is 9.47. The van der Waals surface area contributed by atoms with Crippen LogP contribution in [0.4, 0.5) is 0 Å². The SMILES string of the molecule is CC(C)Cc1cn2c(nc3ccccc32)s1. The van der Waals surface area contributed by atoms with Crippen molar-refractivity contribution in [2.75, 3.05) is 0 Å². The van der Waals surface area contributed by atoms with Crippen LogP contribution < -0.4 is 0 Å². The van der Waals surface area contributed by atoms with Gasteiger partial charge in [-0.2, -0.15) is 0 Å². The molecule has 2 nitrogen and oxygen atoms in total. The second kappa shape index (κ2) is 3.59. The molecule has 3 aromatic rings. The molecular formula is C13H14N2S. The van der Waals surface area contributed by atoms with Crippen LogP contribution in [0.25, 0.3) is 16.0 Å². The molecule has 0 aliphatic rings. The van der Waals surface area contributed by atoms with Gasteiger partial charge in [0, 0.05) is 11.1 Å². The van der Waals surface area contributed by atoms with Gasteiger partial charge >= 0.3 is 0 Å². The van der Waals surface area contributed by atoms with Crippen LogP contribution >= 0.6 is 11.3 Å².